The molecule has 2 aromatic rings. The van der Waals surface area contributed by atoms with E-state index in [2.05, 4.69) is 4.99 Å². The van der Waals surface area contributed by atoms with E-state index in [1.165, 1.54) is 18.2 Å². The van der Waals surface area contributed by atoms with E-state index >= 15 is 0 Å². The molecule has 0 aromatic heterocycles. The Morgan fingerprint density at radius 2 is 1.81 bits per heavy atom. The second kappa shape index (κ2) is 8.86. The first kappa shape index (κ1) is 21.8. The van der Waals surface area contributed by atoms with Gasteiger partial charge in [-0.1, -0.05) is 36.4 Å². The Kier molecular flexibility index (Phi) is 6.24. The van der Waals surface area contributed by atoms with Crippen molar-refractivity contribution in [1.29, 1.82) is 0 Å². The van der Waals surface area contributed by atoms with E-state index in [4.69, 9.17) is 15.2 Å². The molecule has 3 rings (SSSR count). The molecule has 0 bridgehead atoms. The summed E-state index contributed by atoms with van der Waals surface area (Å²) in [4.78, 5) is 28.5. The van der Waals surface area contributed by atoms with Gasteiger partial charge < -0.3 is 15.2 Å². The van der Waals surface area contributed by atoms with Crippen molar-refractivity contribution in [3.05, 3.63) is 83.1 Å². The van der Waals surface area contributed by atoms with Gasteiger partial charge in [0.25, 0.3) is 5.91 Å². The fraction of sp³-hybridized carbons (Fsp3) is 0.136. The number of esters is 1. The standard InChI is InChI=1S/C22H17F3N2O4/c1-2-30-21(29)18(20(26)28)19-16(12-17(31-19)13-7-4-3-5-8-13)27-15-10-6-9-14(11-15)22(23,24)25/h3-12H,2H2,1H3,(H2,26,28)/b19-18+,27-16?. The summed E-state index contributed by atoms with van der Waals surface area (Å²) in [5, 5.41) is 0. The normalized spacial score (nSPS) is 16.5. The predicted octanol–water partition coefficient (Wildman–Crippen LogP) is 4.15. The highest BCUT2D eigenvalue weighted by molar-refractivity contribution is 6.26. The minimum absolute atomic E-state index is 0.0258. The number of amides is 1. The maximum absolute atomic E-state index is 13.0. The Balaban J connectivity index is 2.17. The van der Waals surface area contributed by atoms with Gasteiger partial charge in [-0.3, -0.25) is 4.79 Å². The molecular formula is C22H17F3N2O4. The van der Waals surface area contributed by atoms with Gasteiger partial charge in [0.1, 0.15) is 11.5 Å². The third kappa shape index (κ3) is 5.00. The number of hydrogen-bond acceptors (Lipinski definition) is 5. The van der Waals surface area contributed by atoms with Crippen molar-refractivity contribution in [3.8, 4) is 0 Å². The van der Waals surface area contributed by atoms with Crippen LogP contribution >= 0.6 is 0 Å². The number of hydrogen-bond donors (Lipinski definition) is 1. The molecule has 2 N–H and O–H groups in total. The van der Waals surface area contributed by atoms with Gasteiger partial charge in [-0.25, -0.2) is 9.79 Å². The lowest BCUT2D eigenvalue weighted by molar-refractivity contribution is -0.140. The smallest absolute Gasteiger partial charge is 0.416 e. The maximum atomic E-state index is 13.0. The molecule has 1 amide bonds. The Morgan fingerprint density at radius 3 is 2.42 bits per heavy atom. The van der Waals surface area contributed by atoms with Crippen LogP contribution < -0.4 is 5.73 Å². The van der Waals surface area contributed by atoms with E-state index < -0.39 is 29.2 Å². The van der Waals surface area contributed by atoms with E-state index in [1.54, 1.807) is 37.3 Å². The molecule has 0 aliphatic carbocycles. The van der Waals surface area contributed by atoms with Gasteiger partial charge in [-0.05, 0) is 25.1 Å². The second-order valence-corrected chi connectivity index (χ2v) is 6.31. The lowest BCUT2D eigenvalue weighted by Crippen LogP contribution is -2.26. The van der Waals surface area contributed by atoms with Crippen LogP contribution in [0.25, 0.3) is 5.76 Å². The van der Waals surface area contributed by atoms with Gasteiger partial charge in [-0.15, -0.1) is 0 Å². The number of rotatable bonds is 5. The lowest BCUT2D eigenvalue weighted by atomic mass is 10.1. The largest absolute Gasteiger partial charge is 0.462 e. The minimum Gasteiger partial charge on any atom is -0.462 e. The van der Waals surface area contributed by atoms with Crippen LogP contribution in [0.2, 0.25) is 0 Å². The Bertz CT molecular complexity index is 1100. The quantitative estimate of drug-likeness (QED) is 0.334. The zero-order valence-electron chi connectivity index (χ0n) is 16.3. The number of nitrogens with two attached hydrogens (primary N) is 1. The van der Waals surface area contributed by atoms with E-state index in [9.17, 15) is 22.8 Å². The minimum atomic E-state index is -4.56. The monoisotopic (exact) mass is 430 g/mol. The molecule has 0 fully saturated rings. The average molecular weight is 430 g/mol. The first-order valence-corrected chi connectivity index (χ1v) is 9.13. The number of alkyl halides is 3. The summed E-state index contributed by atoms with van der Waals surface area (Å²) in [5.74, 6) is -2.19. The molecule has 160 valence electrons. The van der Waals surface area contributed by atoms with E-state index in [0.717, 1.165) is 12.1 Å². The Hall–Kier alpha value is -3.88. The number of carbonyl (C=O) groups excluding carboxylic acids is 2. The first-order valence-electron chi connectivity index (χ1n) is 9.13. The topological polar surface area (TPSA) is 91.0 Å². The van der Waals surface area contributed by atoms with Crippen LogP contribution in [-0.4, -0.2) is 24.2 Å². The van der Waals surface area contributed by atoms with Crippen molar-refractivity contribution in [3.63, 3.8) is 0 Å². The number of carbonyl (C=O) groups is 2. The highest BCUT2D eigenvalue weighted by Gasteiger charge is 2.33. The molecule has 0 radical (unpaired) electrons. The van der Waals surface area contributed by atoms with Crippen LogP contribution in [0.15, 0.2) is 77.0 Å². The van der Waals surface area contributed by atoms with Crippen LogP contribution in [-0.2, 0) is 25.2 Å². The van der Waals surface area contributed by atoms with Crippen LogP contribution in [0.4, 0.5) is 18.9 Å². The maximum Gasteiger partial charge on any atom is 0.416 e. The number of allylic oxidation sites excluding steroid dienone is 1. The van der Waals surface area contributed by atoms with Gasteiger partial charge in [0.2, 0.25) is 0 Å². The molecule has 1 heterocycles. The summed E-state index contributed by atoms with van der Waals surface area (Å²) >= 11 is 0. The van der Waals surface area contributed by atoms with Crippen molar-refractivity contribution in [2.24, 2.45) is 10.7 Å². The van der Waals surface area contributed by atoms with Gasteiger partial charge in [-0.2, -0.15) is 13.2 Å². The van der Waals surface area contributed by atoms with E-state index in [1.807, 2.05) is 0 Å². The van der Waals surface area contributed by atoms with Crippen molar-refractivity contribution >= 4 is 29.0 Å². The summed E-state index contributed by atoms with van der Waals surface area (Å²) in [6.07, 6.45) is -3.15. The van der Waals surface area contributed by atoms with Gasteiger partial charge in [0.15, 0.2) is 11.3 Å². The number of nitrogens with zero attached hydrogens (tertiary/aromatic N) is 1. The van der Waals surface area contributed by atoms with E-state index in [-0.39, 0.29) is 29.5 Å². The summed E-state index contributed by atoms with van der Waals surface area (Å²) in [7, 11) is 0. The molecule has 0 saturated carbocycles. The summed E-state index contributed by atoms with van der Waals surface area (Å²) in [6, 6.07) is 13.0. The molecule has 0 spiro atoms. The number of aliphatic imine (C=N–C) groups is 1. The Morgan fingerprint density at radius 1 is 1.10 bits per heavy atom. The molecule has 31 heavy (non-hydrogen) atoms. The highest BCUT2D eigenvalue weighted by atomic mass is 19.4. The third-order valence-corrected chi connectivity index (χ3v) is 4.15. The van der Waals surface area contributed by atoms with Crippen LogP contribution in [0, 0.1) is 0 Å². The summed E-state index contributed by atoms with van der Waals surface area (Å²) in [5.41, 5.74) is 4.38. The number of primary amides is 1. The van der Waals surface area contributed by atoms with Gasteiger partial charge in [0.05, 0.1) is 17.9 Å². The van der Waals surface area contributed by atoms with Crippen molar-refractivity contribution in [2.75, 3.05) is 6.61 Å². The molecule has 1 aliphatic heterocycles. The van der Waals surface area contributed by atoms with Crippen LogP contribution in [0.1, 0.15) is 18.1 Å². The number of benzene rings is 2. The van der Waals surface area contributed by atoms with Gasteiger partial charge in [0, 0.05) is 11.6 Å². The predicted molar refractivity (Wildman–Crippen MR) is 107 cm³/mol. The van der Waals surface area contributed by atoms with E-state index in [0.29, 0.717) is 5.56 Å². The molecule has 1 aliphatic rings. The summed E-state index contributed by atoms with van der Waals surface area (Å²) in [6.45, 7) is 1.52. The zero-order valence-corrected chi connectivity index (χ0v) is 16.3. The molecule has 0 unspecified atom stereocenters. The van der Waals surface area contributed by atoms with Crippen molar-refractivity contribution in [1.82, 2.24) is 0 Å². The molecule has 2 aromatic carbocycles. The van der Waals surface area contributed by atoms with Crippen molar-refractivity contribution < 1.29 is 32.2 Å². The SMILES string of the molecule is CCOC(=O)/C(C(N)=O)=C1/OC(c2ccccc2)=CC1=Nc1cccc(C(F)(F)F)c1. The fourth-order valence-electron chi connectivity index (χ4n) is 2.79. The van der Waals surface area contributed by atoms with Crippen molar-refractivity contribution in [2.45, 2.75) is 13.1 Å². The van der Waals surface area contributed by atoms with Gasteiger partial charge >= 0.3 is 12.1 Å². The zero-order chi connectivity index (χ0) is 22.6. The average Bonchev–Trinajstić information content (AvgIpc) is 3.11. The molecule has 6 nitrogen and oxygen atoms in total. The molecule has 9 heteroatoms. The number of ether oxygens (including phenoxy) is 2. The third-order valence-electron chi connectivity index (χ3n) is 4.15. The van der Waals surface area contributed by atoms with Crippen LogP contribution in [0.3, 0.4) is 0 Å². The second-order valence-electron chi connectivity index (χ2n) is 6.31. The summed E-state index contributed by atoms with van der Waals surface area (Å²) < 4.78 is 49.7. The molecule has 0 atom stereocenters. The fourth-order valence-corrected chi connectivity index (χ4v) is 2.79. The lowest BCUT2D eigenvalue weighted by Gasteiger charge is -2.10. The highest BCUT2D eigenvalue weighted by Crippen LogP contribution is 2.34. The molecule has 0 saturated heterocycles. The Labute approximate surface area is 175 Å². The molecular weight excluding hydrogens is 413 g/mol. The first-order chi connectivity index (χ1) is 14.7. The van der Waals surface area contributed by atoms with Crippen LogP contribution in [0.5, 0.6) is 0 Å². The number of halogens is 3.